The van der Waals surface area contributed by atoms with Crippen molar-refractivity contribution in [1.29, 1.82) is 0 Å². The number of hydrogen-bond donors (Lipinski definition) is 2. The third kappa shape index (κ3) is 4.86. The molecule has 0 saturated carbocycles. The molecular formula is C14H20F2N2O2. The Labute approximate surface area is 117 Å². The van der Waals surface area contributed by atoms with Crippen molar-refractivity contribution in [2.24, 2.45) is 0 Å². The second-order valence-electron chi connectivity index (χ2n) is 4.91. The highest BCUT2D eigenvalue weighted by molar-refractivity contribution is 5.94. The lowest BCUT2D eigenvalue weighted by molar-refractivity contribution is -0.120. The summed E-state index contributed by atoms with van der Waals surface area (Å²) in [6.45, 7) is 3.89. The minimum absolute atomic E-state index is 0.0489. The van der Waals surface area contributed by atoms with Crippen LogP contribution in [0.3, 0.4) is 0 Å². The molecule has 20 heavy (non-hydrogen) atoms. The van der Waals surface area contributed by atoms with Crippen LogP contribution in [0.5, 0.6) is 0 Å². The fourth-order valence-electron chi connectivity index (χ4n) is 1.61. The normalized spacial score (nSPS) is 14.2. The molecule has 0 saturated heterocycles. The third-order valence-corrected chi connectivity index (χ3v) is 3.13. The molecule has 4 nitrogen and oxygen atoms in total. The number of carbonyl (C=O) groups excluding carboxylic acids is 1. The Kier molecular flexibility index (Phi) is 6.04. The van der Waals surface area contributed by atoms with Gasteiger partial charge in [0.25, 0.3) is 0 Å². The van der Waals surface area contributed by atoms with Gasteiger partial charge >= 0.3 is 0 Å². The van der Waals surface area contributed by atoms with Crippen molar-refractivity contribution in [3.63, 3.8) is 0 Å². The first kappa shape index (κ1) is 16.5. The zero-order chi connectivity index (χ0) is 15.3. The van der Waals surface area contributed by atoms with Crippen LogP contribution in [0, 0.1) is 11.6 Å². The van der Waals surface area contributed by atoms with E-state index in [2.05, 4.69) is 5.32 Å². The van der Waals surface area contributed by atoms with E-state index in [0.29, 0.717) is 13.0 Å². The zero-order valence-electron chi connectivity index (χ0n) is 11.9. The maximum Gasteiger partial charge on any atom is 0.241 e. The zero-order valence-corrected chi connectivity index (χ0v) is 11.9. The Morgan fingerprint density at radius 1 is 1.40 bits per heavy atom. The van der Waals surface area contributed by atoms with E-state index in [0.717, 1.165) is 12.1 Å². The molecule has 0 fully saturated rings. The van der Waals surface area contributed by atoms with Crippen molar-refractivity contribution in [2.45, 2.75) is 32.4 Å². The van der Waals surface area contributed by atoms with Crippen LogP contribution in [0.15, 0.2) is 18.2 Å². The maximum absolute atomic E-state index is 13.4. The molecule has 0 aromatic heterocycles. The lowest BCUT2D eigenvalue weighted by atomic mass is 10.2. The minimum Gasteiger partial charge on any atom is -0.393 e. The van der Waals surface area contributed by atoms with E-state index >= 15 is 0 Å². The molecule has 2 unspecified atom stereocenters. The molecule has 0 aliphatic rings. The first-order chi connectivity index (χ1) is 9.31. The van der Waals surface area contributed by atoms with Crippen LogP contribution in [0.2, 0.25) is 0 Å². The van der Waals surface area contributed by atoms with Gasteiger partial charge in [-0.25, -0.2) is 8.78 Å². The summed E-state index contributed by atoms with van der Waals surface area (Å²) in [6.07, 6.45) is 0.0983. The Balaban J connectivity index is 2.61. The molecule has 1 amide bonds. The number of likely N-dealkylation sites (N-methyl/N-ethyl adjacent to an activating group) is 1. The number of aliphatic hydroxyl groups is 1. The van der Waals surface area contributed by atoms with Gasteiger partial charge in [-0.1, -0.05) is 0 Å². The van der Waals surface area contributed by atoms with Gasteiger partial charge in [-0.2, -0.15) is 0 Å². The number of nitrogens with zero attached hydrogens (tertiary/aromatic N) is 1. The molecule has 1 aromatic carbocycles. The summed E-state index contributed by atoms with van der Waals surface area (Å²) < 4.78 is 26.2. The summed E-state index contributed by atoms with van der Waals surface area (Å²) in [6, 6.07) is 2.50. The third-order valence-electron chi connectivity index (χ3n) is 3.13. The fourth-order valence-corrected chi connectivity index (χ4v) is 1.61. The quantitative estimate of drug-likeness (QED) is 0.841. The van der Waals surface area contributed by atoms with Crippen molar-refractivity contribution in [1.82, 2.24) is 4.90 Å². The topological polar surface area (TPSA) is 52.6 Å². The lowest BCUT2D eigenvalue weighted by Crippen LogP contribution is -2.40. The van der Waals surface area contributed by atoms with Crippen LogP contribution in [-0.2, 0) is 4.79 Å². The molecule has 2 atom stereocenters. The van der Waals surface area contributed by atoms with Gasteiger partial charge in [-0.15, -0.1) is 0 Å². The molecule has 1 aromatic rings. The first-order valence-corrected chi connectivity index (χ1v) is 6.45. The molecule has 0 bridgehead atoms. The molecule has 6 heteroatoms. The van der Waals surface area contributed by atoms with E-state index in [1.807, 2.05) is 0 Å². The highest BCUT2D eigenvalue weighted by atomic mass is 19.1. The smallest absolute Gasteiger partial charge is 0.241 e. The van der Waals surface area contributed by atoms with Crippen LogP contribution in [-0.4, -0.2) is 41.7 Å². The van der Waals surface area contributed by atoms with Gasteiger partial charge in [0.1, 0.15) is 11.6 Å². The Morgan fingerprint density at radius 2 is 2.05 bits per heavy atom. The molecule has 2 N–H and O–H groups in total. The highest BCUT2D eigenvalue weighted by Crippen LogP contribution is 2.15. The Bertz CT molecular complexity index is 466. The molecule has 0 spiro atoms. The number of hydrogen-bond acceptors (Lipinski definition) is 3. The van der Waals surface area contributed by atoms with Gasteiger partial charge in [0.15, 0.2) is 0 Å². The number of anilines is 1. The highest BCUT2D eigenvalue weighted by Gasteiger charge is 2.19. The number of benzene rings is 1. The van der Waals surface area contributed by atoms with Crippen LogP contribution in [0.1, 0.15) is 20.3 Å². The lowest BCUT2D eigenvalue weighted by Gasteiger charge is -2.24. The van der Waals surface area contributed by atoms with Crippen LogP contribution in [0.25, 0.3) is 0 Å². The van der Waals surface area contributed by atoms with E-state index in [9.17, 15) is 18.7 Å². The summed E-state index contributed by atoms with van der Waals surface area (Å²) in [5, 5.41) is 11.6. The van der Waals surface area contributed by atoms with E-state index in [-0.39, 0.29) is 11.6 Å². The van der Waals surface area contributed by atoms with Crippen molar-refractivity contribution in [2.75, 3.05) is 18.9 Å². The summed E-state index contributed by atoms with van der Waals surface area (Å²) in [4.78, 5) is 13.7. The van der Waals surface area contributed by atoms with Gasteiger partial charge in [0.05, 0.1) is 17.8 Å². The minimum atomic E-state index is -0.808. The predicted octanol–water partition coefficient (Wildman–Crippen LogP) is 1.99. The monoisotopic (exact) mass is 286 g/mol. The van der Waals surface area contributed by atoms with Crippen molar-refractivity contribution >= 4 is 11.6 Å². The van der Waals surface area contributed by atoms with Crippen LogP contribution in [0.4, 0.5) is 14.5 Å². The van der Waals surface area contributed by atoms with Gasteiger partial charge in [-0.3, -0.25) is 9.69 Å². The van der Waals surface area contributed by atoms with E-state index in [1.54, 1.807) is 25.8 Å². The van der Waals surface area contributed by atoms with Gasteiger partial charge < -0.3 is 10.4 Å². The molecule has 0 radical (unpaired) electrons. The predicted molar refractivity (Wildman–Crippen MR) is 73.4 cm³/mol. The van der Waals surface area contributed by atoms with Crippen molar-refractivity contribution in [3.8, 4) is 0 Å². The molecular weight excluding hydrogens is 266 g/mol. The fraction of sp³-hybridized carbons (Fsp3) is 0.500. The average Bonchev–Trinajstić information content (AvgIpc) is 2.38. The average molecular weight is 286 g/mol. The summed E-state index contributed by atoms with van der Waals surface area (Å²) in [5.41, 5.74) is -0.0489. The van der Waals surface area contributed by atoms with E-state index < -0.39 is 23.8 Å². The summed E-state index contributed by atoms with van der Waals surface area (Å²) >= 11 is 0. The second-order valence-corrected chi connectivity index (χ2v) is 4.91. The van der Waals surface area contributed by atoms with Gasteiger partial charge in [0.2, 0.25) is 5.91 Å². The van der Waals surface area contributed by atoms with E-state index in [1.165, 1.54) is 6.07 Å². The largest absolute Gasteiger partial charge is 0.393 e. The Hall–Kier alpha value is -1.53. The summed E-state index contributed by atoms with van der Waals surface area (Å²) in [7, 11) is 1.74. The van der Waals surface area contributed by atoms with Crippen molar-refractivity contribution in [3.05, 3.63) is 29.8 Å². The van der Waals surface area contributed by atoms with Gasteiger partial charge in [0, 0.05) is 12.6 Å². The molecule has 0 aliphatic carbocycles. The number of halogens is 2. The van der Waals surface area contributed by atoms with Crippen LogP contribution < -0.4 is 5.32 Å². The molecule has 0 aliphatic heterocycles. The van der Waals surface area contributed by atoms with E-state index in [4.69, 9.17) is 0 Å². The Morgan fingerprint density at radius 3 is 2.60 bits per heavy atom. The number of aliphatic hydroxyl groups excluding tert-OH is 1. The second kappa shape index (κ2) is 7.31. The standard InChI is InChI=1S/C14H20F2N2O2/c1-9(19)6-7-18(3)10(2)14(20)17-13-5-4-11(15)8-12(13)16/h4-5,8-10,19H,6-7H2,1-3H3,(H,17,20). The SMILES string of the molecule is CC(O)CCN(C)C(C)C(=O)Nc1ccc(F)cc1F. The molecule has 112 valence electrons. The molecule has 1 rings (SSSR count). The van der Waals surface area contributed by atoms with Gasteiger partial charge in [-0.05, 0) is 39.4 Å². The molecule has 0 heterocycles. The number of nitrogens with one attached hydrogen (secondary N) is 1. The van der Waals surface area contributed by atoms with Crippen molar-refractivity contribution < 1.29 is 18.7 Å². The van der Waals surface area contributed by atoms with Crippen LogP contribution >= 0.6 is 0 Å². The summed E-state index contributed by atoms with van der Waals surface area (Å²) in [5.74, 6) is -1.89. The maximum atomic E-state index is 13.4. The number of carbonyl (C=O) groups is 1. The number of rotatable bonds is 6. The first-order valence-electron chi connectivity index (χ1n) is 6.45. The number of amides is 1.